The second-order valence-electron chi connectivity index (χ2n) is 7.47. The van der Waals surface area contributed by atoms with Crippen LogP contribution in [0.3, 0.4) is 0 Å². The fraction of sp³-hybridized carbons (Fsp3) is 0.316. The van der Waals surface area contributed by atoms with Crippen LogP contribution in [0, 0.1) is 10.1 Å². The molecule has 0 aliphatic carbocycles. The Morgan fingerprint density at radius 2 is 1.87 bits per heavy atom. The van der Waals surface area contributed by atoms with Gasteiger partial charge in [0.2, 0.25) is 10.0 Å². The molecule has 1 spiro atoms. The molecule has 2 aromatic carbocycles. The van der Waals surface area contributed by atoms with E-state index in [0.29, 0.717) is 48.0 Å². The van der Waals surface area contributed by atoms with Crippen molar-refractivity contribution in [2.24, 2.45) is 5.14 Å². The second-order valence-corrected chi connectivity index (χ2v) is 9.46. The largest absolute Gasteiger partial charge is 0.486 e. The molecule has 0 bridgehead atoms. The molecule has 1 saturated heterocycles. The minimum absolute atomic E-state index is 0.0457. The van der Waals surface area contributed by atoms with E-state index in [0.717, 1.165) is 6.07 Å². The summed E-state index contributed by atoms with van der Waals surface area (Å²) in [5.74, 6) is 0.447. The van der Waals surface area contributed by atoms with Crippen LogP contribution in [0.1, 0.15) is 29.6 Å². The Morgan fingerprint density at radius 3 is 2.50 bits per heavy atom. The van der Waals surface area contributed by atoms with Crippen molar-refractivity contribution in [2.45, 2.75) is 29.8 Å². The lowest BCUT2D eigenvalue weighted by molar-refractivity contribution is -0.384. The summed E-state index contributed by atoms with van der Waals surface area (Å²) < 4.78 is 29.2. The first-order valence-corrected chi connectivity index (χ1v) is 11.1. The average Bonchev–Trinajstić information content (AvgIpc) is 2.68. The van der Waals surface area contributed by atoms with Gasteiger partial charge in [-0.25, -0.2) is 13.6 Å². The molecule has 0 unspecified atom stereocenters. The molecule has 0 atom stereocenters. The Morgan fingerprint density at radius 1 is 1.17 bits per heavy atom. The Kier molecular flexibility index (Phi) is 4.95. The molecule has 0 saturated carbocycles. The van der Waals surface area contributed by atoms with Gasteiger partial charge in [-0.15, -0.1) is 0 Å². The molecule has 2 N–H and O–H groups in total. The number of hydrogen-bond acceptors (Lipinski definition) is 7. The van der Waals surface area contributed by atoms with Gasteiger partial charge in [0.1, 0.15) is 17.0 Å². The molecule has 0 aromatic heterocycles. The van der Waals surface area contributed by atoms with Crippen molar-refractivity contribution in [1.82, 2.24) is 0 Å². The molecule has 158 valence electrons. The fourth-order valence-electron chi connectivity index (χ4n) is 3.99. The summed E-state index contributed by atoms with van der Waals surface area (Å²) in [6.45, 7) is 0.817. The topological polar surface area (TPSA) is 133 Å². The van der Waals surface area contributed by atoms with E-state index < -0.39 is 20.5 Å². The molecule has 2 aromatic rings. The van der Waals surface area contributed by atoms with Crippen molar-refractivity contribution < 1.29 is 22.9 Å². The van der Waals surface area contributed by atoms with Gasteiger partial charge < -0.3 is 9.64 Å². The number of Topliss-reactive ketones (excluding diaryl/α,β-unsaturated/α-hetero) is 1. The zero-order valence-corrected chi connectivity index (χ0v) is 17.3. The maximum absolute atomic E-state index is 12.6. The Balaban J connectivity index is 1.58. The highest BCUT2D eigenvalue weighted by Gasteiger charge is 2.43. The molecule has 1 fully saturated rings. The van der Waals surface area contributed by atoms with Gasteiger partial charge in [0.05, 0.1) is 21.8 Å². The summed E-state index contributed by atoms with van der Waals surface area (Å²) in [5, 5.41) is 17.1. The number of hydrogen-bond donors (Lipinski definition) is 1. The van der Waals surface area contributed by atoms with Crippen molar-refractivity contribution in [3.8, 4) is 5.75 Å². The number of nitrogens with two attached hydrogens (primary N) is 1. The number of benzene rings is 2. The number of nitrogens with zero attached hydrogens (tertiary/aromatic N) is 2. The Bertz CT molecular complexity index is 1160. The van der Waals surface area contributed by atoms with Gasteiger partial charge in [-0.05, 0) is 30.3 Å². The van der Waals surface area contributed by atoms with Gasteiger partial charge in [0, 0.05) is 37.0 Å². The molecule has 2 aliphatic rings. The first-order chi connectivity index (χ1) is 14.1. The number of nitro groups is 1. The standard InChI is InChI=1S/C19H18ClN3O6S/c20-12-1-4-18-14(9-12)17(24)11-19(29-18)5-7-22(8-6-19)15-3-2-13(30(21,27)28)10-16(15)23(25)26/h1-4,9-10H,5-8,11H2,(H2,21,27,28). The zero-order chi connectivity index (χ0) is 21.7. The minimum atomic E-state index is -4.06. The van der Waals surface area contributed by atoms with E-state index in [1.165, 1.54) is 12.1 Å². The second kappa shape index (κ2) is 7.22. The summed E-state index contributed by atoms with van der Waals surface area (Å²) in [6.07, 6.45) is 1.17. The number of nitro benzene ring substituents is 1. The number of anilines is 1. The number of carbonyl (C=O) groups excluding carboxylic acids is 1. The van der Waals surface area contributed by atoms with E-state index >= 15 is 0 Å². The molecule has 0 amide bonds. The van der Waals surface area contributed by atoms with Crippen LogP contribution in [0.15, 0.2) is 41.3 Å². The molecular weight excluding hydrogens is 434 g/mol. The minimum Gasteiger partial charge on any atom is -0.486 e. The number of fused-ring (bicyclic) bond motifs is 1. The van der Waals surface area contributed by atoms with Crippen molar-refractivity contribution >= 4 is 38.8 Å². The molecule has 4 rings (SSSR count). The summed E-state index contributed by atoms with van der Waals surface area (Å²) in [5.41, 5.74) is -0.247. The fourth-order valence-corrected chi connectivity index (χ4v) is 4.70. The average molecular weight is 452 g/mol. The normalized spacial score (nSPS) is 18.1. The predicted molar refractivity (Wildman–Crippen MR) is 110 cm³/mol. The maximum atomic E-state index is 12.6. The third-order valence-corrected chi connectivity index (χ3v) is 6.68. The van der Waals surface area contributed by atoms with Crippen molar-refractivity contribution in [2.75, 3.05) is 18.0 Å². The van der Waals surface area contributed by atoms with Crippen LogP contribution < -0.4 is 14.8 Å². The summed E-state index contributed by atoms with van der Waals surface area (Å²) in [7, 11) is -4.06. The third-order valence-electron chi connectivity index (χ3n) is 5.54. The van der Waals surface area contributed by atoms with Crippen LogP contribution in [-0.4, -0.2) is 37.8 Å². The number of ether oxygens (including phenoxy) is 1. The monoisotopic (exact) mass is 451 g/mol. The maximum Gasteiger partial charge on any atom is 0.293 e. The van der Waals surface area contributed by atoms with Gasteiger partial charge in [-0.1, -0.05) is 11.6 Å². The molecule has 0 radical (unpaired) electrons. The van der Waals surface area contributed by atoms with E-state index in [4.69, 9.17) is 21.5 Å². The zero-order valence-electron chi connectivity index (χ0n) is 15.7. The van der Waals surface area contributed by atoms with Crippen LogP contribution >= 0.6 is 11.6 Å². The van der Waals surface area contributed by atoms with Crippen LogP contribution in [-0.2, 0) is 10.0 Å². The quantitative estimate of drug-likeness (QED) is 0.560. The lowest BCUT2D eigenvalue weighted by Gasteiger charge is -2.44. The van der Waals surface area contributed by atoms with Crippen LogP contribution in [0.25, 0.3) is 0 Å². The Hall–Kier alpha value is -2.69. The number of primary sulfonamides is 1. The summed E-state index contributed by atoms with van der Waals surface area (Å²) in [4.78, 5) is 25.0. The third kappa shape index (κ3) is 3.73. The Labute approximate surface area is 177 Å². The van der Waals surface area contributed by atoms with E-state index in [-0.39, 0.29) is 22.8 Å². The van der Waals surface area contributed by atoms with E-state index in [2.05, 4.69) is 0 Å². The van der Waals surface area contributed by atoms with Gasteiger partial charge in [0.25, 0.3) is 5.69 Å². The molecule has 11 heteroatoms. The lowest BCUT2D eigenvalue weighted by atomic mass is 9.82. The summed E-state index contributed by atoms with van der Waals surface area (Å²) in [6, 6.07) is 8.55. The van der Waals surface area contributed by atoms with Crippen LogP contribution in [0.2, 0.25) is 5.02 Å². The predicted octanol–water partition coefficient (Wildman–Crippen LogP) is 2.90. The highest BCUT2D eigenvalue weighted by molar-refractivity contribution is 7.89. The SMILES string of the molecule is NS(=O)(=O)c1ccc(N2CCC3(CC2)CC(=O)c2cc(Cl)ccc2O3)c([N+](=O)[O-])c1. The highest BCUT2D eigenvalue weighted by Crippen LogP contribution is 2.42. The van der Waals surface area contributed by atoms with Crippen molar-refractivity contribution in [3.63, 3.8) is 0 Å². The summed E-state index contributed by atoms with van der Waals surface area (Å²) >= 11 is 5.97. The smallest absolute Gasteiger partial charge is 0.293 e. The molecular formula is C19H18ClN3O6S. The number of sulfonamides is 1. The number of ketones is 1. The number of piperidine rings is 1. The van der Waals surface area contributed by atoms with Gasteiger partial charge >= 0.3 is 0 Å². The van der Waals surface area contributed by atoms with Gasteiger partial charge in [-0.2, -0.15) is 0 Å². The van der Waals surface area contributed by atoms with E-state index in [9.17, 15) is 23.3 Å². The molecule has 2 heterocycles. The van der Waals surface area contributed by atoms with Crippen LogP contribution in [0.5, 0.6) is 5.75 Å². The van der Waals surface area contributed by atoms with Crippen molar-refractivity contribution in [3.05, 3.63) is 57.1 Å². The lowest BCUT2D eigenvalue weighted by Crippen LogP contribution is -2.51. The first kappa shape index (κ1) is 20.6. The number of halogens is 1. The van der Waals surface area contributed by atoms with E-state index in [1.807, 2.05) is 0 Å². The number of carbonyl (C=O) groups is 1. The molecule has 9 nitrogen and oxygen atoms in total. The van der Waals surface area contributed by atoms with Gasteiger partial charge in [-0.3, -0.25) is 14.9 Å². The molecule has 30 heavy (non-hydrogen) atoms. The molecule has 2 aliphatic heterocycles. The highest BCUT2D eigenvalue weighted by atomic mass is 35.5. The number of rotatable bonds is 3. The first-order valence-electron chi connectivity index (χ1n) is 9.16. The van der Waals surface area contributed by atoms with E-state index in [1.54, 1.807) is 23.1 Å². The van der Waals surface area contributed by atoms with Crippen LogP contribution in [0.4, 0.5) is 11.4 Å². The van der Waals surface area contributed by atoms with Crippen molar-refractivity contribution in [1.29, 1.82) is 0 Å². The van der Waals surface area contributed by atoms with Gasteiger partial charge in [0.15, 0.2) is 5.78 Å².